The van der Waals surface area contributed by atoms with Crippen molar-refractivity contribution in [3.05, 3.63) is 59.1 Å². The number of ether oxygens (including phenoxy) is 1. The van der Waals surface area contributed by atoms with Gasteiger partial charge in [0.1, 0.15) is 5.60 Å². The number of carbonyl (C=O) groups excluding carboxylic acids is 1. The lowest BCUT2D eigenvalue weighted by Crippen LogP contribution is -2.55. The number of para-hydroxylation sites is 2. The summed E-state index contributed by atoms with van der Waals surface area (Å²) < 4.78 is 7.78. The van der Waals surface area contributed by atoms with E-state index >= 15 is 0 Å². The zero-order valence-corrected chi connectivity index (χ0v) is 19.3. The lowest BCUT2D eigenvalue weighted by Gasteiger charge is -2.40. The SMILES string of the molecule is C[C@@H]1CN(C(=O)OC(C)(C)C)CCN1c1nc2ccccc2n1Cc1ccccc1Cl. The van der Waals surface area contributed by atoms with Gasteiger partial charge in [-0.2, -0.15) is 0 Å². The molecule has 4 rings (SSSR count). The monoisotopic (exact) mass is 440 g/mol. The molecule has 6 nitrogen and oxygen atoms in total. The second-order valence-corrected chi connectivity index (χ2v) is 9.45. The van der Waals surface area contributed by atoms with E-state index < -0.39 is 5.60 Å². The second kappa shape index (κ2) is 8.42. The van der Waals surface area contributed by atoms with Gasteiger partial charge in [0, 0.05) is 30.7 Å². The van der Waals surface area contributed by atoms with E-state index in [0.717, 1.165) is 27.6 Å². The Morgan fingerprint density at radius 3 is 2.55 bits per heavy atom. The Bertz CT molecular complexity index is 1090. The molecule has 1 aliphatic heterocycles. The molecule has 0 unspecified atom stereocenters. The van der Waals surface area contributed by atoms with E-state index in [1.54, 1.807) is 4.90 Å². The van der Waals surface area contributed by atoms with E-state index in [4.69, 9.17) is 21.3 Å². The number of piperazine rings is 1. The molecule has 1 saturated heterocycles. The number of amides is 1. The van der Waals surface area contributed by atoms with Crippen LogP contribution in [0.15, 0.2) is 48.5 Å². The Balaban J connectivity index is 1.63. The zero-order valence-electron chi connectivity index (χ0n) is 18.5. The normalized spacial score (nSPS) is 17.3. The van der Waals surface area contributed by atoms with Gasteiger partial charge in [0.25, 0.3) is 0 Å². The maximum atomic E-state index is 12.5. The molecule has 164 valence electrons. The van der Waals surface area contributed by atoms with Gasteiger partial charge in [0.15, 0.2) is 0 Å². The fraction of sp³-hybridized carbons (Fsp3) is 0.417. The van der Waals surface area contributed by atoms with Gasteiger partial charge < -0.3 is 19.1 Å². The molecule has 3 aromatic rings. The van der Waals surface area contributed by atoms with Crippen molar-refractivity contribution in [3.63, 3.8) is 0 Å². The van der Waals surface area contributed by atoms with Crippen molar-refractivity contribution in [2.75, 3.05) is 24.5 Å². The van der Waals surface area contributed by atoms with Crippen molar-refractivity contribution < 1.29 is 9.53 Å². The number of benzene rings is 2. The van der Waals surface area contributed by atoms with Crippen molar-refractivity contribution in [2.24, 2.45) is 0 Å². The molecule has 0 spiro atoms. The summed E-state index contributed by atoms with van der Waals surface area (Å²) in [5.41, 5.74) is 2.57. The standard InChI is InChI=1S/C24H29ClN4O2/c1-17-15-27(23(30)31-24(2,3)4)13-14-28(17)22-26-20-11-7-8-12-21(20)29(22)16-18-9-5-6-10-19(18)25/h5-12,17H,13-16H2,1-4H3/t17-/m1/s1. The van der Waals surface area contributed by atoms with Crippen molar-refractivity contribution in [3.8, 4) is 0 Å². The maximum absolute atomic E-state index is 12.5. The molecule has 1 aromatic heterocycles. The molecule has 7 heteroatoms. The second-order valence-electron chi connectivity index (χ2n) is 9.05. The van der Waals surface area contributed by atoms with E-state index in [2.05, 4.69) is 22.5 Å². The molecule has 1 fully saturated rings. The number of carbonyl (C=O) groups is 1. The average molecular weight is 441 g/mol. The largest absolute Gasteiger partial charge is 0.444 e. The predicted molar refractivity (Wildman–Crippen MR) is 125 cm³/mol. The first kappa shape index (κ1) is 21.5. The summed E-state index contributed by atoms with van der Waals surface area (Å²) in [5, 5.41) is 0.744. The molecular weight excluding hydrogens is 412 g/mol. The molecule has 1 amide bonds. The number of hydrogen-bond acceptors (Lipinski definition) is 4. The molecule has 31 heavy (non-hydrogen) atoms. The van der Waals surface area contributed by atoms with Crippen molar-refractivity contribution in [1.29, 1.82) is 0 Å². The van der Waals surface area contributed by atoms with Crippen LogP contribution in [0.25, 0.3) is 11.0 Å². The minimum absolute atomic E-state index is 0.100. The Hall–Kier alpha value is -2.73. The number of fused-ring (bicyclic) bond motifs is 1. The van der Waals surface area contributed by atoms with Crippen LogP contribution in [0, 0.1) is 0 Å². The highest BCUT2D eigenvalue weighted by atomic mass is 35.5. The van der Waals surface area contributed by atoms with Gasteiger partial charge in [-0.3, -0.25) is 0 Å². The number of halogens is 1. The average Bonchev–Trinajstić information content (AvgIpc) is 3.06. The van der Waals surface area contributed by atoms with Gasteiger partial charge in [-0.15, -0.1) is 0 Å². The first-order valence-electron chi connectivity index (χ1n) is 10.7. The summed E-state index contributed by atoms with van der Waals surface area (Å²) in [6.45, 7) is 10.3. The van der Waals surface area contributed by atoms with Crippen molar-refractivity contribution in [1.82, 2.24) is 14.5 Å². The maximum Gasteiger partial charge on any atom is 0.410 e. The van der Waals surface area contributed by atoms with Crippen LogP contribution in [0.5, 0.6) is 0 Å². The molecule has 2 aromatic carbocycles. The van der Waals surface area contributed by atoms with Gasteiger partial charge in [-0.05, 0) is 51.5 Å². The third-order valence-electron chi connectivity index (χ3n) is 5.46. The van der Waals surface area contributed by atoms with Crippen LogP contribution in [0.4, 0.5) is 10.7 Å². The van der Waals surface area contributed by atoms with E-state index in [1.807, 2.05) is 63.2 Å². The van der Waals surface area contributed by atoms with E-state index in [1.165, 1.54) is 0 Å². The molecule has 1 aliphatic rings. The van der Waals surface area contributed by atoms with Crippen LogP contribution in [-0.2, 0) is 11.3 Å². The lowest BCUT2D eigenvalue weighted by molar-refractivity contribution is 0.0218. The predicted octanol–water partition coefficient (Wildman–Crippen LogP) is 5.18. The molecule has 1 atom stereocenters. The smallest absolute Gasteiger partial charge is 0.410 e. The number of anilines is 1. The highest BCUT2D eigenvalue weighted by Gasteiger charge is 2.32. The molecule has 0 radical (unpaired) electrons. The Kier molecular flexibility index (Phi) is 5.84. The quantitative estimate of drug-likeness (QED) is 0.562. The fourth-order valence-electron chi connectivity index (χ4n) is 3.98. The summed E-state index contributed by atoms with van der Waals surface area (Å²) in [6.07, 6.45) is -0.261. The number of nitrogens with zero attached hydrogens (tertiary/aromatic N) is 4. The highest BCUT2D eigenvalue weighted by Crippen LogP contribution is 2.28. The minimum atomic E-state index is -0.500. The highest BCUT2D eigenvalue weighted by molar-refractivity contribution is 6.31. The summed E-state index contributed by atoms with van der Waals surface area (Å²) >= 11 is 6.46. The Labute approximate surface area is 188 Å². The van der Waals surface area contributed by atoms with Gasteiger partial charge >= 0.3 is 6.09 Å². The van der Waals surface area contributed by atoms with Gasteiger partial charge in [-0.1, -0.05) is 41.9 Å². The van der Waals surface area contributed by atoms with E-state index in [-0.39, 0.29) is 12.1 Å². The first-order chi connectivity index (χ1) is 14.7. The minimum Gasteiger partial charge on any atom is -0.444 e. The molecule has 0 bridgehead atoms. The molecule has 2 heterocycles. The zero-order chi connectivity index (χ0) is 22.2. The third kappa shape index (κ3) is 4.64. The van der Waals surface area contributed by atoms with Crippen molar-refractivity contribution >= 4 is 34.7 Å². The first-order valence-corrected chi connectivity index (χ1v) is 11.0. The number of rotatable bonds is 3. The van der Waals surface area contributed by atoms with Crippen LogP contribution in [-0.4, -0.2) is 51.8 Å². The van der Waals surface area contributed by atoms with Gasteiger partial charge in [-0.25, -0.2) is 9.78 Å². The van der Waals surface area contributed by atoms with Crippen LogP contribution in [0.1, 0.15) is 33.3 Å². The summed E-state index contributed by atoms with van der Waals surface area (Å²) in [7, 11) is 0. The van der Waals surface area contributed by atoms with Crippen LogP contribution in [0.2, 0.25) is 5.02 Å². The van der Waals surface area contributed by atoms with E-state index in [0.29, 0.717) is 26.2 Å². The summed E-state index contributed by atoms with van der Waals surface area (Å²) in [6, 6.07) is 16.2. The number of imidazole rings is 1. The Morgan fingerprint density at radius 2 is 1.84 bits per heavy atom. The summed E-state index contributed by atoms with van der Waals surface area (Å²) in [4.78, 5) is 21.6. The molecule has 0 aliphatic carbocycles. The Morgan fingerprint density at radius 1 is 1.13 bits per heavy atom. The van der Waals surface area contributed by atoms with E-state index in [9.17, 15) is 4.79 Å². The van der Waals surface area contributed by atoms with Gasteiger partial charge in [0.05, 0.1) is 17.6 Å². The molecule has 0 saturated carbocycles. The van der Waals surface area contributed by atoms with Crippen LogP contribution in [0.3, 0.4) is 0 Å². The molecule has 0 N–H and O–H groups in total. The number of hydrogen-bond donors (Lipinski definition) is 0. The summed E-state index contributed by atoms with van der Waals surface area (Å²) in [5.74, 6) is 0.900. The fourth-order valence-corrected chi connectivity index (χ4v) is 4.18. The molecular formula is C24H29ClN4O2. The lowest BCUT2D eigenvalue weighted by atomic mass is 10.2. The van der Waals surface area contributed by atoms with Crippen LogP contribution >= 0.6 is 11.6 Å². The van der Waals surface area contributed by atoms with Crippen LogP contribution < -0.4 is 4.90 Å². The number of aromatic nitrogens is 2. The van der Waals surface area contributed by atoms with Gasteiger partial charge in [0.2, 0.25) is 5.95 Å². The third-order valence-corrected chi connectivity index (χ3v) is 5.83. The topological polar surface area (TPSA) is 50.6 Å². The van der Waals surface area contributed by atoms with Crippen molar-refractivity contribution in [2.45, 2.75) is 45.9 Å².